The van der Waals surface area contributed by atoms with Crippen LogP contribution in [0.25, 0.3) is 0 Å². The molecule has 1 amide bonds. The Kier molecular flexibility index (Phi) is 3.86. The lowest BCUT2D eigenvalue weighted by molar-refractivity contribution is 0.0951. The fraction of sp³-hybridized carbons (Fsp3) is 0.417. The van der Waals surface area contributed by atoms with E-state index in [1.165, 1.54) is 5.56 Å². The summed E-state index contributed by atoms with van der Waals surface area (Å²) in [4.78, 5) is 11.6. The zero-order valence-corrected chi connectivity index (χ0v) is 9.50. The molecule has 0 bridgehead atoms. The first-order chi connectivity index (χ1) is 7.00. The number of amides is 1. The zero-order valence-electron chi connectivity index (χ0n) is 9.50. The second-order valence-corrected chi connectivity index (χ2v) is 3.99. The second kappa shape index (κ2) is 4.94. The van der Waals surface area contributed by atoms with Gasteiger partial charge in [0.2, 0.25) is 0 Å². The van der Waals surface area contributed by atoms with E-state index >= 15 is 0 Å². The normalized spacial score (nSPS) is 12.3. The Labute approximate surface area is 90.7 Å². The zero-order chi connectivity index (χ0) is 11.4. The first-order valence-electron chi connectivity index (χ1n) is 5.11. The molecule has 0 fully saturated rings. The Bertz CT molecular complexity index is 359. The van der Waals surface area contributed by atoms with Crippen LogP contribution in [0.5, 0.6) is 0 Å². The van der Waals surface area contributed by atoms with Gasteiger partial charge in [0.1, 0.15) is 0 Å². The monoisotopic (exact) mass is 206 g/mol. The van der Waals surface area contributed by atoms with Crippen LogP contribution in [0.3, 0.4) is 0 Å². The molecular weight excluding hydrogens is 188 g/mol. The quantitative estimate of drug-likeness (QED) is 0.785. The van der Waals surface area contributed by atoms with Gasteiger partial charge in [-0.3, -0.25) is 4.79 Å². The highest BCUT2D eigenvalue weighted by molar-refractivity contribution is 5.94. The fourth-order valence-electron chi connectivity index (χ4n) is 1.24. The lowest BCUT2D eigenvalue weighted by Gasteiger charge is -2.08. The molecule has 82 valence electrons. The van der Waals surface area contributed by atoms with E-state index in [0.717, 1.165) is 5.56 Å². The van der Waals surface area contributed by atoms with Crippen LogP contribution in [0.1, 0.15) is 28.4 Å². The van der Waals surface area contributed by atoms with E-state index in [2.05, 4.69) is 5.32 Å². The van der Waals surface area contributed by atoms with Gasteiger partial charge < -0.3 is 11.1 Å². The Morgan fingerprint density at radius 3 is 2.60 bits per heavy atom. The SMILES string of the molecule is Cc1ccc(C(=O)NCC(C)N)cc1C. The van der Waals surface area contributed by atoms with Crippen molar-refractivity contribution in [3.05, 3.63) is 34.9 Å². The van der Waals surface area contributed by atoms with E-state index in [0.29, 0.717) is 12.1 Å². The summed E-state index contributed by atoms with van der Waals surface area (Å²) >= 11 is 0. The maximum Gasteiger partial charge on any atom is 0.251 e. The van der Waals surface area contributed by atoms with Crippen LogP contribution in [-0.2, 0) is 0 Å². The smallest absolute Gasteiger partial charge is 0.251 e. The Morgan fingerprint density at radius 2 is 2.07 bits per heavy atom. The largest absolute Gasteiger partial charge is 0.350 e. The van der Waals surface area contributed by atoms with Gasteiger partial charge in [0.05, 0.1) is 0 Å². The maximum atomic E-state index is 11.6. The third-order valence-corrected chi connectivity index (χ3v) is 2.35. The number of nitrogens with one attached hydrogen (secondary N) is 1. The number of rotatable bonds is 3. The Morgan fingerprint density at radius 1 is 1.40 bits per heavy atom. The molecule has 0 saturated heterocycles. The second-order valence-electron chi connectivity index (χ2n) is 3.99. The molecule has 1 rings (SSSR count). The molecule has 0 aliphatic heterocycles. The number of nitrogens with two attached hydrogens (primary N) is 1. The molecule has 0 saturated carbocycles. The third kappa shape index (κ3) is 3.36. The van der Waals surface area contributed by atoms with Crippen LogP contribution < -0.4 is 11.1 Å². The van der Waals surface area contributed by atoms with E-state index in [1.807, 2.05) is 39.0 Å². The van der Waals surface area contributed by atoms with Gasteiger partial charge in [-0.25, -0.2) is 0 Å². The number of hydrogen-bond acceptors (Lipinski definition) is 2. The van der Waals surface area contributed by atoms with Crippen LogP contribution >= 0.6 is 0 Å². The molecule has 0 heterocycles. The molecule has 1 aromatic rings. The molecule has 1 atom stereocenters. The predicted octanol–water partition coefficient (Wildman–Crippen LogP) is 1.38. The van der Waals surface area contributed by atoms with Gasteiger partial charge in [-0.05, 0) is 44.0 Å². The maximum absolute atomic E-state index is 11.6. The van der Waals surface area contributed by atoms with E-state index in [4.69, 9.17) is 5.73 Å². The molecule has 3 N–H and O–H groups in total. The molecule has 0 spiro atoms. The minimum Gasteiger partial charge on any atom is -0.350 e. The van der Waals surface area contributed by atoms with Crippen molar-refractivity contribution in [2.75, 3.05) is 6.54 Å². The molecule has 3 nitrogen and oxygen atoms in total. The molecule has 1 unspecified atom stereocenters. The lowest BCUT2D eigenvalue weighted by Crippen LogP contribution is -2.35. The predicted molar refractivity (Wildman–Crippen MR) is 61.9 cm³/mol. The van der Waals surface area contributed by atoms with Crippen LogP contribution in [0.2, 0.25) is 0 Å². The number of aryl methyl sites for hydroxylation is 2. The molecule has 0 aliphatic rings. The summed E-state index contributed by atoms with van der Waals surface area (Å²) in [5, 5.41) is 2.78. The van der Waals surface area contributed by atoms with Crippen molar-refractivity contribution in [3.63, 3.8) is 0 Å². The highest BCUT2D eigenvalue weighted by Gasteiger charge is 2.06. The molecular formula is C12H18N2O. The van der Waals surface area contributed by atoms with Crippen LogP contribution in [-0.4, -0.2) is 18.5 Å². The standard InChI is InChI=1S/C12H18N2O/c1-8-4-5-11(6-9(8)2)12(15)14-7-10(3)13/h4-6,10H,7,13H2,1-3H3,(H,14,15). The van der Waals surface area contributed by atoms with Gasteiger partial charge >= 0.3 is 0 Å². The summed E-state index contributed by atoms with van der Waals surface area (Å²) < 4.78 is 0. The average Bonchev–Trinajstić information content (AvgIpc) is 2.18. The van der Waals surface area contributed by atoms with Crippen molar-refractivity contribution in [3.8, 4) is 0 Å². The molecule has 3 heteroatoms. The summed E-state index contributed by atoms with van der Waals surface area (Å²) in [7, 11) is 0. The summed E-state index contributed by atoms with van der Waals surface area (Å²) in [6, 6.07) is 5.67. The Balaban J connectivity index is 2.70. The van der Waals surface area contributed by atoms with Crippen molar-refractivity contribution in [1.82, 2.24) is 5.32 Å². The van der Waals surface area contributed by atoms with Crippen molar-refractivity contribution in [1.29, 1.82) is 0 Å². The topological polar surface area (TPSA) is 55.1 Å². The van der Waals surface area contributed by atoms with Gasteiger partial charge in [0.25, 0.3) is 5.91 Å². The van der Waals surface area contributed by atoms with Gasteiger partial charge in [0.15, 0.2) is 0 Å². The fourth-order valence-corrected chi connectivity index (χ4v) is 1.24. The minimum atomic E-state index is -0.0598. The molecule has 0 aromatic heterocycles. The van der Waals surface area contributed by atoms with E-state index < -0.39 is 0 Å². The van der Waals surface area contributed by atoms with Crippen LogP contribution in [0.4, 0.5) is 0 Å². The molecule has 1 aromatic carbocycles. The summed E-state index contributed by atoms with van der Waals surface area (Å²) in [5.74, 6) is -0.0598. The molecule has 0 aliphatic carbocycles. The van der Waals surface area contributed by atoms with Crippen molar-refractivity contribution >= 4 is 5.91 Å². The highest BCUT2D eigenvalue weighted by atomic mass is 16.1. The van der Waals surface area contributed by atoms with Crippen LogP contribution in [0, 0.1) is 13.8 Å². The highest BCUT2D eigenvalue weighted by Crippen LogP contribution is 2.09. The number of hydrogen-bond donors (Lipinski definition) is 2. The molecule has 15 heavy (non-hydrogen) atoms. The van der Waals surface area contributed by atoms with Gasteiger partial charge in [-0.15, -0.1) is 0 Å². The van der Waals surface area contributed by atoms with E-state index in [1.54, 1.807) is 0 Å². The van der Waals surface area contributed by atoms with Crippen molar-refractivity contribution in [2.45, 2.75) is 26.8 Å². The van der Waals surface area contributed by atoms with Gasteiger partial charge in [-0.1, -0.05) is 6.07 Å². The van der Waals surface area contributed by atoms with Crippen molar-refractivity contribution in [2.24, 2.45) is 5.73 Å². The Hall–Kier alpha value is -1.35. The third-order valence-electron chi connectivity index (χ3n) is 2.35. The van der Waals surface area contributed by atoms with Crippen molar-refractivity contribution < 1.29 is 4.79 Å². The lowest BCUT2D eigenvalue weighted by atomic mass is 10.1. The molecule has 0 radical (unpaired) electrons. The number of carbonyl (C=O) groups is 1. The number of carbonyl (C=O) groups excluding carboxylic acids is 1. The summed E-state index contributed by atoms with van der Waals surface area (Å²) in [6.45, 7) is 6.39. The summed E-state index contributed by atoms with van der Waals surface area (Å²) in [6.07, 6.45) is 0. The van der Waals surface area contributed by atoms with Gasteiger partial charge in [-0.2, -0.15) is 0 Å². The van der Waals surface area contributed by atoms with E-state index in [-0.39, 0.29) is 11.9 Å². The minimum absolute atomic E-state index is 0.0134. The van der Waals surface area contributed by atoms with E-state index in [9.17, 15) is 4.79 Å². The first kappa shape index (κ1) is 11.7. The van der Waals surface area contributed by atoms with Crippen LogP contribution in [0.15, 0.2) is 18.2 Å². The van der Waals surface area contributed by atoms with Gasteiger partial charge in [0, 0.05) is 18.2 Å². The number of benzene rings is 1. The average molecular weight is 206 g/mol. The summed E-state index contributed by atoms with van der Waals surface area (Å²) in [5.41, 5.74) is 8.57. The first-order valence-corrected chi connectivity index (χ1v) is 5.11.